The maximum absolute atomic E-state index is 11.9. The van der Waals surface area contributed by atoms with E-state index in [1.165, 1.54) is 10.6 Å². The van der Waals surface area contributed by atoms with E-state index in [1.807, 2.05) is 36.4 Å². The Labute approximate surface area is 154 Å². The molecule has 1 aromatic heterocycles. The summed E-state index contributed by atoms with van der Waals surface area (Å²) in [6.45, 7) is 1.55. The van der Waals surface area contributed by atoms with E-state index in [-0.39, 0.29) is 24.1 Å². The Bertz CT molecular complexity index is 867. The lowest BCUT2D eigenvalue weighted by atomic mass is 9.61. The predicted molar refractivity (Wildman–Crippen MR) is 99.0 cm³/mol. The number of aliphatic hydroxyl groups is 1. The smallest absolute Gasteiger partial charge is 0.211 e. The number of hydrogen-bond acceptors (Lipinski definition) is 5. The third kappa shape index (κ3) is 2.75. The van der Waals surface area contributed by atoms with Crippen LogP contribution in [0.4, 0.5) is 0 Å². The van der Waals surface area contributed by atoms with Crippen LogP contribution in [0.25, 0.3) is 0 Å². The van der Waals surface area contributed by atoms with Crippen LogP contribution in [0.15, 0.2) is 54.7 Å². The lowest BCUT2D eigenvalue weighted by Gasteiger charge is -2.70. The second kappa shape index (κ2) is 6.42. The number of hydrogen-bond donors (Lipinski definition) is 1. The van der Waals surface area contributed by atoms with Gasteiger partial charge in [-0.2, -0.15) is 4.31 Å². The number of pyridine rings is 1. The highest BCUT2D eigenvalue weighted by Crippen LogP contribution is 2.54. The summed E-state index contributed by atoms with van der Waals surface area (Å²) in [4.78, 5) is 6.63. The molecule has 2 aromatic rings. The summed E-state index contributed by atoms with van der Waals surface area (Å²) in [5.74, 6) is 0.107. The molecule has 0 aliphatic carbocycles. The zero-order valence-corrected chi connectivity index (χ0v) is 15.5. The summed E-state index contributed by atoms with van der Waals surface area (Å²) in [5.41, 5.74) is 1.79. The van der Waals surface area contributed by atoms with Crippen molar-refractivity contribution in [2.45, 2.75) is 24.0 Å². The van der Waals surface area contributed by atoms with Gasteiger partial charge in [0.1, 0.15) is 0 Å². The highest BCUT2D eigenvalue weighted by atomic mass is 32.2. The Balaban J connectivity index is 1.66. The molecule has 2 aliphatic rings. The Morgan fingerprint density at radius 3 is 2.42 bits per heavy atom. The van der Waals surface area contributed by atoms with E-state index in [0.717, 1.165) is 11.3 Å². The van der Waals surface area contributed by atoms with Crippen LogP contribution in [0.1, 0.15) is 17.2 Å². The number of aromatic nitrogens is 1. The molecule has 1 spiro atoms. The predicted octanol–water partition coefficient (Wildman–Crippen LogP) is 1.06. The van der Waals surface area contributed by atoms with Crippen LogP contribution >= 0.6 is 0 Å². The zero-order chi connectivity index (χ0) is 18.4. The first-order valence-corrected chi connectivity index (χ1v) is 10.6. The van der Waals surface area contributed by atoms with Gasteiger partial charge in [0.25, 0.3) is 0 Å². The molecule has 0 unspecified atom stereocenters. The highest BCUT2D eigenvalue weighted by Gasteiger charge is 2.66. The highest BCUT2D eigenvalue weighted by molar-refractivity contribution is 7.88. The second-order valence-electron chi connectivity index (χ2n) is 7.22. The normalized spacial score (nSPS) is 25.6. The quantitative estimate of drug-likeness (QED) is 0.848. The van der Waals surface area contributed by atoms with Crippen molar-refractivity contribution in [3.8, 4) is 0 Å². The molecule has 138 valence electrons. The van der Waals surface area contributed by atoms with E-state index in [4.69, 9.17) is 0 Å². The van der Waals surface area contributed by atoms with Gasteiger partial charge in [0.05, 0.1) is 24.1 Å². The summed E-state index contributed by atoms with van der Waals surface area (Å²) in [5, 5.41) is 10.0. The van der Waals surface area contributed by atoms with E-state index in [9.17, 15) is 13.5 Å². The van der Waals surface area contributed by atoms with Crippen LogP contribution < -0.4 is 0 Å². The average molecular weight is 373 g/mol. The molecule has 1 N–H and O–H groups in total. The van der Waals surface area contributed by atoms with Gasteiger partial charge in [-0.25, -0.2) is 8.42 Å². The van der Waals surface area contributed by atoms with Crippen molar-refractivity contribution in [3.05, 3.63) is 66.0 Å². The van der Waals surface area contributed by atoms with Gasteiger partial charge in [0.2, 0.25) is 10.0 Å². The molecule has 26 heavy (non-hydrogen) atoms. The van der Waals surface area contributed by atoms with Crippen molar-refractivity contribution < 1.29 is 13.5 Å². The lowest BCUT2D eigenvalue weighted by Crippen LogP contribution is -2.84. The zero-order valence-electron chi connectivity index (χ0n) is 14.7. The molecule has 2 fully saturated rings. The van der Waals surface area contributed by atoms with Gasteiger partial charge in [0.15, 0.2) is 0 Å². The maximum Gasteiger partial charge on any atom is 0.211 e. The Kier molecular flexibility index (Phi) is 4.35. The number of nitrogens with zero attached hydrogens (tertiary/aromatic N) is 3. The van der Waals surface area contributed by atoms with Gasteiger partial charge >= 0.3 is 0 Å². The molecule has 0 saturated carbocycles. The van der Waals surface area contributed by atoms with E-state index in [2.05, 4.69) is 22.0 Å². The topological polar surface area (TPSA) is 73.7 Å². The fourth-order valence-corrected chi connectivity index (χ4v) is 5.40. The minimum atomic E-state index is -3.21. The lowest BCUT2D eigenvalue weighted by molar-refractivity contribution is -0.176. The third-order valence-corrected chi connectivity index (χ3v) is 6.91. The third-order valence-electron chi connectivity index (χ3n) is 5.71. The van der Waals surface area contributed by atoms with Crippen LogP contribution in [0.3, 0.4) is 0 Å². The molecular formula is C19H23N3O3S. The molecule has 7 heteroatoms. The van der Waals surface area contributed by atoms with Gasteiger partial charge in [0, 0.05) is 37.8 Å². The number of sulfonamides is 1. The van der Waals surface area contributed by atoms with Crippen LogP contribution in [-0.4, -0.2) is 65.2 Å². The van der Waals surface area contributed by atoms with E-state index in [1.54, 1.807) is 6.20 Å². The number of aliphatic hydroxyl groups excluding tert-OH is 1. The minimum absolute atomic E-state index is 0.0347. The van der Waals surface area contributed by atoms with Crippen LogP contribution in [-0.2, 0) is 16.6 Å². The average Bonchev–Trinajstić information content (AvgIpc) is 2.58. The van der Waals surface area contributed by atoms with Gasteiger partial charge in [-0.15, -0.1) is 0 Å². The largest absolute Gasteiger partial charge is 0.395 e. The van der Waals surface area contributed by atoms with E-state index < -0.39 is 10.0 Å². The van der Waals surface area contributed by atoms with Crippen LogP contribution in [0, 0.1) is 0 Å². The number of rotatable bonds is 5. The van der Waals surface area contributed by atoms with Crippen molar-refractivity contribution in [1.29, 1.82) is 0 Å². The summed E-state index contributed by atoms with van der Waals surface area (Å²) < 4.78 is 25.4. The first kappa shape index (κ1) is 17.6. The summed E-state index contributed by atoms with van der Waals surface area (Å²) in [7, 11) is -3.21. The molecule has 4 rings (SSSR count). The molecule has 6 nitrogen and oxygen atoms in total. The maximum atomic E-state index is 11.9. The van der Waals surface area contributed by atoms with Crippen molar-refractivity contribution in [3.63, 3.8) is 0 Å². The van der Waals surface area contributed by atoms with Crippen molar-refractivity contribution >= 4 is 10.0 Å². The summed E-state index contributed by atoms with van der Waals surface area (Å²) in [6.07, 6.45) is 3.01. The Hall–Kier alpha value is -1.80. The SMILES string of the molecule is CS(=O)(=O)N1CC2(C1)[C@@H](c1ccccc1)[C@H](CO)N2Cc1ccccn1. The van der Waals surface area contributed by atoms with E-state index >= 15 is 0 Å². The molecule has 2 atom stereocenters. The van der Waals surface area contributed by atoms with Gasteiger partial charge in [-0.05, 0) is 17.7 Å². The monoisotopic (exact) mass is 373 g/mol. The molecule has 3 heterocycles. The van der Waals surface area contributed by atoms with Crippen molar-refractivity contribution in [2.75, 3.05) is 26.0 Å². The standard InChI is InChI=1S/C19H23N3O3S/c1-26(24,25)21-13-19(14-21)18(15-7-3-2-4-8-15)17(12-23)22(19)11-16-9-5-6-10-20-16/h2-10,17-18,23H,11-14H2,1H3/t17-,18-/m0/s1. The molecule has 2 aliphatic heterocycles. The van der Waals surface area contributed by atoms with Gasteiger partial charge < -0.3 is 5.11 Å². The van der Waals surface area contributed by atoms with Gasteiger partial charge in [-0.3, -0.25) is 9.88 Å². The molecule has 2 saturated heterocycles. The van der Waals surface area contributed by atoms with Crippen molar-refractivity contribution in [2.24, 2.45) is 0 Å². The molecule has 0 bridgehead atoms. The fraction of sp³-hybridized carbons (Fsp3) is 0.421. The van der Waals surface area contributed by atoms with Crippen molar-refractivity contribution in [1.82, 2.24) is 14.2 Å². The van der Waals surface area contributed by atoms with Crippen LogP contribution in [0.2, 0.25) is 0 Å². The molecule has 0 radical (unpaired) electrons. The molecule has 1 aromatic carbocycles. The fourth-order valence-electron chi connectivity index (χ4n) is 4.48. The first-order chi connectivity index (χ1) is 12.5. The summed E-state index contributed by atoms with van der Waals surface area (Å²) >= 11 is 0. The van der Waals surface area contributed by atoms with Crippen LogP contribution in [0.5, 0.6) is 0 Å². The Morgan fingerprint density at radius 2 is 1.85 bits per heavy atom. The van der Waals surface area contributed by atoms with Gasteiger partial charge in [-0.1, -0.05) is 36.4 Å². The molecular weight excluding hydrogens is 350 g/mol. The minimum Gasteiger partial charge on any atom is -0.395 e. The first-order valence-electron chi connectivity index (χ1n) is 8.73. The second-order valence-corrected chi connectivity index (χ2v) is 9.20. The number of likely N-dealkylation sites (tertiary alicyclic amines) is 1. The molecule has 0 amide bonds. The summed E-state index contributed by atoms with van der Waals surface area (Å²) in [6, 6.07) is 15.8. The Morgan fingerprint density at radius 1 is 1.15 bits per heavy atom. The van der Waals surface area contributed by atoms with E-state index in [0.29, 0.717) is 19.6 Å². The number of benzene rings is 1.